The lowest BCUT2D eigenvalue weighted by Crippen LogP contribution is -2.39. The van der Waals surface area contributed by atoms with Crippen LogP contribution in [0.1, 0.15) is 297 Å². The Kier molecular flexibility index (Phi) is 32.8. The fraction of sp³-hybridized carbons (Fsp3) is 0.537. The first-order chi connectivity index (χ1) is 51.7. The van der Waals surface area contributed by atoms with Gasteiger partial charge in [-0.25, -0.2) is 29.9 Å². The standard InChI is InChI=1S/C21H30N2O.C20H28N2O.C19H26N2O2.C18H31N3.C17H22N2O/c1-14(2)19-15(3)22-20(23-16(19)4)17-8-10-18(11-9-17)24-13-12-21(5,6)7;1-14(2)18-13-21-19(22-15(18)3)16-7-9-17(10-8-16)23-12-11-20(4,5)6;1-14(2)15-12-18(22)21(20-13-15)16-6-8-17(9-7-16)23-11-10-19(3,4)5;1-12(2)16-13(3)19-17(20-14(16)4)21-10-8-15(9-11-21)18(5,6)7;1-12(2)13-10-16(20)19(18-11-13)15-8-6-14(7-9-15)17(3,4)5/h8-11,14H,12-13H2,1-7H3;7-10,13-14H,11-12H2,1-6H3;6-9,12-14H,10-11H2,1-5H3;12,15H,8-11H2,1-7H3;6-12H,1-5H3. The van der Waals surface area contributed by atoms with Gasteiger partial charge >= 0.3 is 0 Å². The van der Waals surface area contributed by atoms with Gasteiger partial charge in [-0.15, -0.1) is 0 Å². The van der Waals surface area contributed by atoms with E-state index >= 15 is 0 Å². The minimum absolute atomic E-state index is 0.0836. The maximum atomic E-state index is 12.2. The predicted molar refractivity (Wildman–Crippen MR) is 463 cm³/mol. The number of hydrogen-bond acceptors (Lipinski definition) is 14. The summed E-state index contributed by atoms with van der Waals surface area (Å²) in [7, 11) is 0. The average molecular weight is 1510 g/mol. The van der Waals surface area contributed by atoms with Crippen LogP contribution in [-0.2, 0) is 5.41 Å². The first-order valence-corrected chi connectivity index (χ1v) is 40.5. The highest BCUT2D eigenvalue weighted by atomic mass is 16.5. The van der Waals surface area contributed by atoms with Crippen molar-refractivity contribution < 1.29 is 14.2 Å². The van der Waals surface area contributed by atoms with Crippen LogP contribution in [0.3, 0.4) is 0 Å². The third-order valence-corrected chi connectivity index (χ3v) is 20.1. The van der Waals surface area contributed by atoms with E-state index in [4.69, 9.17) is 34.1 Å². The molecule has 0 radical (unpaired) electrons. The van der Waals surface area contributed by atoms with E-state index in [0.717, 1.165) is 148 Å². The summed E-state index contributed by atoms with van der Waals surface area (Å²) in [5, 5.41) is 8.52. The predicted octanol–water partition coefficient (Wildman–Crippen LogP) is 23.4. The van der Waals surface area contributed by atoms with Crippen molar-refractivity contribution in [3.8, 4) is 51.4 Å². The molecule has 0 spiro atoms. The first kappa shape index (κ1) is 91.0. The van der Waals surface area contributed by atoms with Crippen LogP contribution < -0.4 is 30.2 Å². The van der Waals surface area contributed by atoms with Gasteiger partial charge in [0.1, 0.15) is 17.2 Å². The maximum Gasteiger partial charge on any atom is 0.271 e. The second-order valence-corrected chi connectivity index (χ2v) is 37.3. The number of hydrogen-bond donors (Lipinski definition) is 0. The van der Waals surface area contributed by atoms with Crippen LogP contribution >= 0.6 is 0 Å². The Bertz CT molecular complexity index is 4450. The topological polar surface area (TPSA) is 178 Å². The summed E-state index contributed by atoms with van der Waals surface area (Å²) in [5.41, 5.74) is 17.2. The van der Waals surface area contributed by atoms with Crippen molar-refractivity contribution in [3.63, 3.8) is 0 Å². The van der Waals surface area contributed by atoms with Gasteiger partial charge in [-0.05, 0) is 248 Å². The Morgan fingerprint density at radius 1 is 0.405 bits per heavy atom. The molecule has 9 aromatic rings. The third kappa shape index (κ3) is 29.0. The Morgan fingerprint density at radius 2 is 0.748 bits per heavy atom. The number of aromatic nitrogens is 10. The zero-order valence-corrected chi connectivity index (χ0v) is 73.6. The zero-order valence-electron chi connectivity index (χ0n) is 73.6. The van der Waals surface area contributed by atoms with E-state index in [-0.39, 0.29) is 21.9 Å². The fourth-order valence-electron chi connectivity index (χ4n) is 13.0. The molecule has 0 atom stereocenters. The smallest absolute Gasteiger partial charge is 0.271 e. The highest BCUT2D eigenvalue weighted by Crippen LogP contribution is 2.36. The molecule has 5 aromatic heterocycles. The highest BCUT2D eigenvalue weighted by molar-refractivity contribution is 5.58. The number of anilines is 1. The number of piperidine rings is 1. The quantitative estimate of drug-likeness (QED) is 0.0746. The van der Waals surface area contributed by atoms with Crippen LogP contribution in [0.15, 0.2) is 137 Å². The van der Waals surface area contributed by atoms with Crippen LogP contribution in [0.2, 0.25) is 0 Å². The number of benzene rings is 4. The first-order valence-electron chi connectivity index (χ1n) is 40.5. The molecular weight excluding hydrogens is 1380 g/mol. The van der Waals surface area contributed by atoms with Gasteiger partial charge in [0.2, 0.25) is 5.95 Å². The van der Waals surface area contributed by atoms with E-state index in [2.05, 4.69) is 224 Å². The molecule has 0 saturated carbocycles. The molecule has 16 heteroatoms. The van der Waals surface area contributed by atoms with Crippen LogP contribution in [0.4, 0.5) is 5.95 Å². The SMILES string of the molecule is CC(C)c1cnn(-c2ccc(C(C)(C)C)cc2)c(=O)c1.CC(C)c1cnn(-c2ccc(OCCC(C)(C)C)cc2)c(=O)c1.Cc1nc(-c2ccc(OCCC(C)(C)C)cc2)nc(C)c1C(C)C.Cc1nc(-c2ccc(OCCC(C)(C)C)cc2)ncc1C(C)C.Cc1nc(N2CCC(C(C)(C)C)CC2)nc(C)c1C(C)C. The molecule has 602 valence electrons. The summed E-state index contributed by atoms with van der Waals surface area (Å²) in [5.74, 6) is 7.90. The van der Waals surface area contributed by atoms with E-state index in [1.807, 2.05) is 112 Å². The molecule has 4 aromatic carbocycles. The van der Waals surface area contributed by atoms with E-state index < -0.39 is 0 Å². The summed E-state index contributed by atoms with van der Waals surface area (Å²) in [6, 6.07) is 34.9. The highest BCUT2D eigenvalue weighted by Gasteiger charge is 2.30. The third-order valence-electron chi connectivity index (χ3n) is 20.1. The number of aryl methyl sites for hydroxylation is 5. The molecule has 111 heavy (non-hydrogen) atoms. The summed E-state index contributed by atoms with van der Waals surface area (Å²) in [6.45, 7) is 69.6. The Morgan fingerprint density at radius 3 is 1.06 bits per heavy atom. The van der Waals surface area contributed by atoms with E-state index in [9.17, 15) is 9.59 Å². The number of rotatable bonds is 19. The molecule has 1 aliphatic rings. The fourth-order valence-corrected chi connectivity index (χ4v) is 13.0. The number of nitrogens with zero attached hydrogens (tertiary/aromatic N) is 11. The zero-order chi connectivity index (χ0) is 82.7. The van der Waals surface area contributed by atoms with Gasteiger partial charge in [-0.1, -0.05) is 185 Å². The van der Waals surface area contributed by atoms with Crippen LogP contribution in [0.25, 0.3) is 34.2 Å². The Balaban J connectivity index is 0.000000217. The van der Waals surface area contributed by atoms with Crippen molar-refractivity contribution in [2.24, 2.45) is 27.6 Å². The lowest BCUT2D eigenvalue weighted by molar-refractivity contribution is 0.198. The monoisotopic (exact) mass is 1510 g/mol. The molecule has 0 bridgehead atoms. The lowest BCUT2D eigenvalue weighted by Gasteiger charge is -2.39. The average Bonchev–Trinajstić information content (AvgIpc) is 0.838. The Hall–Kier alpha value is -8.92. The van der Waals surface area contributed by atoms with Crippen LogP contribution in [0, 0.1) is 62.2 Å². The lowest BCUT2D eigenvalue weighted by atomic mass is 9.75. The maximum absolute atomic E-state index is 12.2. The van der Waals surface area contributed by atoms with Crippen molar-refractivity contribution in [1.82, 2.24) is 49.5 Å². The summed E-state index contributed by atoms with van der Waals surface area (Å²) < 4.78 is 20.2. The van der Waals surface area contributed by atoms with Gasteiger partial charge in [-0.3, -0.25) is 9.59 Å². The van der Waals surface area contributed by atoms with E-state index in [1.54, 1.807) is 24.5 Å². The normalized spacial score (nSPS) is 12.9. The second-order valence-electron chi connectivity index (χ2n) is 37.3. The summed E-state index contributed by atoms with van der Waals surface area (Å²) in [6.07, 6.45) is 11.0. The molecule has 1 saturated heterocycles. The molecule has 0 aliphatic carbocycles. The van der Waals surface area contributed by atoms with Gasteiger partial charge in [0, 0.05) is 71.0 Å². The van der Waals surface area contributed by atoms with Crippen molar-refractivity contribution >= 4 is 5.95 Å². The van der Waals surface area contributed by atoms with Gasteiger partial charge in [0.15, 0.2) is 11.6 Å². The largest absolute Gasteiger partial charge is 0.494 e. The minimum Gasteiger partial charge on any atom is -0.494 e. The molecule has 10 rings (SSSR count). The molecule has 0 N–H and O–H groups in total. The van der Waals surface area contributed by atoms with E-state index in [0.29, 0.717) is 52.4 Å². The molecule has 1 fully saturated rings. The van der Waals surface area contributed by atoms with Crippen molar-refractivity contribution in [3.05, 3.63) is 210 Å². The molecule has 6 heterocycles. The molecule has 1 aliphatic heterocycles. The van der Waals surface area contributed by atoms with E-state index in [1.165, 1.54) is 44.5 Å². The van der Waals surface area contributed by atoms with Gasteiger partial charge < -0.3 is 19.1 Å². The summed E-state index contributed by atoms with van der Waals surface area (Å²) >= 11 is 0. The second kappa shape index (κ2) is 40.0. The molecule has 0 unspecified atom stereocenters. The molecule has 0 amide bonds. The molecule has 16 nitrogen and oxygen atoms in total. The minimum atomic E-state index is -0.113. The van der Waals surface area contributed by atoms with Crippen LogP contribution in [0.5, 0.6) is 17.2 Å². The Labute approximate surface area is 667 Å². The van der Waals surface area contributed by atoms with Gasteiger partial charge in [0.25, 0.3) is 11.1 Å². The van der Waals surface area contributed by atoms with Crippen molar-refractivity contribution in [2.45, 2.75) is 275 Å². The van der Waals surface area contributed by atoms with Gasteiger partial charge in [-0.2, -0.15) is 19.6 Å². The molecular formula is C95H137N11O5. The summed E-state index contributed by atoms with van der Waals surface area (Å²) in [4.78, 5) is 54.8. The van der Waals surface area contributed by atoms with Gasteiger partial charge in [0.05, 0.1) is 43.6 Å². The van der Waals surface area contributed by atoms with Crippen molar-refractivity contribution in [1.29, 1.82) is 0 Å². The van der Waals surface area contributed by atoms with Crippen molar-refractivity contribution in [2.75, 3.05) is 37.8 Å². The number of ether oxygens (including phenoxy) is 3. The van der Waals surface area contributed by atoms with Crippen LogP contribution in [-0.4, -0.2) is 82.4 Å².